The molecule has 0 unspecified atom stereocenters. The van der Waals surface area contributed by atoms with Gasteiger partial charge in [0.05, 0.1) is 13.2 Å². The second-order valence-electron chi connectivity index (χ2n) is 4.28. The van der Waals surface area contributed by atoms with E-state index in [1.807, 2.05) is 13.8 Å². The summed E-state index contributed by atoms with van der Waals surface area (Å²) >= 11 is 0. The molecule has 2 atom stereocenters. The molecule has 6 heteroatoms. The summed E-state index contributed by atoms with van der Waals surface area (Å²) in [5.41, 5.74) is 0. The van der Waals surface area contributed by atoms with Gasteiger partial charge in [0.15, 0.2) is 11.9 Å². The van der Waals surface area contributed by atoms with Gasteiger partial charge >= 0.3 is 5.97 Å². The minimum absolute atomic E-state index is 0.0894. The Hall–Kier alpha value is -1.27. The first-order valence-electron chi connectivity index (χ1n) is 6.10. The quantitative estimate of drug-likeness (QED) is 0.576. The number of rotatable bonds is 7. The van der Waals surface area contributed by atoms with Crippen LogP contribution in [0.15, 0.2) is 11.5 Å². The minimum Gasteiger partial charge on any atom is -0.499 e. The van der Waals surface area contributed by atoms with Crippen LogP contribution in [0.5, 0.6) is 0 Å². The van der Waals surface area contributed by atoms with Gasteiger partial charge in [-0.25, -0.2) is 4.79 Å². The molecule has 0 aromatic rings. The van der Waals surface area contributed by atoms with Gasteiger partial charge in [-0.3, -0.25) is 0 Å². The van der Waals surface area contributed by atoms with Gasteiger partial charge in [-0.2, -0.15) is 0 Å². The summed E-state index contributed by atoms with van der Waals surface area (Å²) in [6, 6.07) is 0. The zero-order valence-corrected chi connectivity index (χ0v) is 10.6. The molecule has 104 valence electrons. The van der Waals surface area contributed by atoms with Gasteiger partial charge in [-0.1, -0.05) is 26.7 Å². The summed E-state index contributed by atoms with van der Waals surface area (Å²) < 4.78 is 10.1. The molecule has 6 nitrogen and oxygen atoms in total. The standard InChI is InChI=1S/C12H20O6/c1-3-7(4-2)6-17-11-9(15)12(16)18-10(11)8(14)5-13/h7-8,10,13-15H,3-6H2,1-2H3/t8-,10+/m0/s1. The largest absolute Gasteiger partial charge is 0.499 e. The topological polar surface area (TPSA) is 96.2 Å². The lowest BCUT2D eigenvalue weighted by molar-refractivity contribution is -0.148. The predicted octanol–water partition coefficient (Wildman–Crippen LogP) is 0.487. The first-order chi connectivity index (χ1) is 8.54. The van der Waals surface area contributed by atoms with Crippen LogP contribution in [0.4, 0.5) is 0 Å². The van der Waals surface area contributed by atoms with Crippen LogP contribution < -0.4 is 0 Å². The first kappa shape index (κ1) is 14.8. The molecule has 0 fully saturated rings. The van der Waals surface area contributed by atoms with Crippen LogP contribution in [0.25, 0.3) is 0 Å². The number of cyclic esters (lactones) is 1. The van der Waals surface area contributed by atoms with E-state index in [1.54, 1.807) is 0 Å². The molecule has 1 aliphatic rings. The molecular weight excluding hydrogens is 240 g/mol. The molecule has 0 saturated heterocycles. The Kier molecular flexibility index (Phi) is 5.43. The monoisotopic (exact) mass is 260 g/mol. The summed E-state index contributed by atoms with van der Waals surface area (Å²) in [7, 11) is 0. The van der Waals surface area contributed by atoms with Crippen molar-refractivity contribution in [2.75, 3.05) is 13.2 Å². The number of ether oxygens (including phenoxy) is 2. The SMILES string of the molecule is CCC(CC)COC1=C(O)C(=O)O[C@@H]1[C@@H](O)CO. The molecule has 0 amide bonds. The number of esters is 1. The molecule has 18 heavy (non-hydrogen) atoms. The average Bonchev–Trinajstić information content (AvgIpc) is 2.67. The van der Waals surface area contributed by atoms with E-state index in [4.69, 9.17) is 14.6 Å². The van der Waals surface area contributed by atoms with E-state index in [9.17, 15) is 15.0 Å². The predicted molar refractivity (Wildman–Crippen MR) is 62.7 cm³/mol. The maximum absolute atomic E-state index is 11.2. The van der Waals surface area contributed by atoms with Gasteiger partial charge < -0.3 is 24.8 Å². The Morgan fingerprint density at radius 3 is 2.50 bits per heavy atom. The first-order valence-corrected chi connectivity index (χ1v) is 6.10. The molecule has 0 spiro atoms. The van der Waals surface area contributed by atoms with E-state index >= 15 is 0 Å². The van der Waals surface area contributed by atoms with E-state index in [0.717, 1.165) is 12.8 Å². The van der Waals surface area contributed by atoms with Crippen molar-refractivity contribution in [2.45, 2.75) is 38.9 Å². The number of carbonyl (C=O) groups excluding carboxylic acids is 1. The Morgan fingerprint density at radius 2 is 2.00 bits per heavy atom. The van der Waals surface area contributed by atoms with Crippen molar-refractivity contribution in [1.82, 2.24) is 0 Å². The maximum atomic E-state index is 11.2. The van der Waals surface area contributed by atoms with Crippen LogP contribution in [0.1, 0.15) is 26.7 Å². The third kappa shape index (κ3) is 3.14. The fourth-order valence-electron chi connectivity index (χ4n) is 1.69. The van der Waals surface area contributed by atoms with E-state index in [-0.39, 0.29) is 5.76 Å². The number of aliphatic hydroxyl groups is 3. The Bertz CT molecular complexity index is 321. The summed E-state index contributed by atoms with van der Waals surface area (Å²) in [4.78, 5) is 11.2. The third-order valence-corrected chi connectivity index (χ3v) is 3.08. The van der Waals surface area contributed by atoms with Gasteiger partial charge in [0.25, 0.3) is 0 Å². The minimum atomic E-state index is -1.30. The van der Waals surface area contributed by atoms with Gasteiger partial charge in [0.2, 0.25) is 5.76 Å². The second kappa shape index (κ2) is 6.61. The summed E-state index contributed by atoms with van der Waals surface area (Å²) in [6.07, 6.45) is -0.605. The molecule has 1 aliphatic heterocycles. The fourth-order valence-corrected chi connectivity index (χ4v) is 1.69. The van der Waals surface area contributed by atoms with E-state index in [0.29, 0.717) is 12.5 Å². The Labute approximate surface area is 106 Å². The zero-order valence-electron chi connectivity index (χ0n) is 10.6. The van der Waals surface area contributed by atoms with Gasteiger partial charge in [-0.15, -0.1) is 0 Å². The molecule has 0 aromatic carbocycles. The van der Waals surface area contributed by atoms with Crippen LogP contribution in [0.2, 0.25) is 0 Å². The number of hydrogen-bond acceptors (Lipinski definition) is 6. The van der Waals surface area contributed by atoms with E-state index < -0.39 is 30.5 Å². The van der Waals surface area contributed by atoms with Crippen molar-refractivity contribution in [2.24, 2.45) is 5.92 Å². The molecule has 0 bridgehead atoms. The van der Waals surface area contributed by atoms with Crippen LogP contribution in [-0.2, 0) is 14.3 Å². The van der Waals surface area contributed by atoms with Crippen molar-refractivity contribution < 1.29 is 29.6 Å². The van der Waals surface area contributed by atoms with Crippen molar-refractivity contribution in [3.8, 4) is 0 Å². The Balaban J connectivity index is 2.72. The van der Waals surface area contributed by atoms with Gasteiger partial charge in [-0.05, 0) is 5.92 Å². The molecular formula is C12H20O6. The van der Waals surface area contributed by atoms with Gasteiger partial charge in [0.1, 0.15) is 6.10 Å². The van der Waals surface area contributed by atoms with Crippen molar-refractivity contribution in [1.29, 1.82) is 0 Å². The second-order valence-corrected chi connectivity index (χ2v) is 4.28. The van der Waals surface area contributed by atoms with Crippen molar-refractivity contribution in [3.63, 3.8) is 0 Å². The molecule has 1 rings (SSSR count). The van der Waals surface area contributed by atoms with Gasteiger partial charge in [0, 0.05) is 0 Å². The molecule has 3 N–H and O–H groups in total. The summed E-state index contributed by atoms with van der Waals surface area (Å²) in [5, 5.41) is 27.9. The molecule has 1 heterocycles. The Morgan fingerprint density at radius 1 is 1.39 bits per heavy atom. The highest BCUT2D eigenvalue weighted by Gasteiger charge is 2.40. The number of aliphatic hydroxyl groups excluding tert-OH is 3. The highest BCUT2D eigenvalue weighted by Crippen LogP contribution is 2.26. The number of carbonyl (C=O) groups is 1. The molecule has 0 saturated carbocycles. The van der Waals surface area contributed by atoms with Crippen LogP contribution in [0, 0.1) is 5.92 Å². The van der Waals surface area contributed by atoms with Crippen LogP contribution in [0.3, 0.4) is 0 Å². The van der Waals surface area contributed by atoms with Crippen molar-refractivity contribution >= 4 is 5.97 Å². The lowest BCUT2D eigenvalue weighted by Crippen LogP contribution is -2.32. The summed E-state index contributed by atoms with van der Waals surface area (Å²) in [5.74, 6) is -1.35. The smallest absolute Gasteiger partial charge is 0.378 e. The van der Waals surface area contributed by atoms with Crippen LogP contribution in [-0.4, -0.2) is 46.7 Å². The van der Waals surface area contributed by atoms with Crippen molar-refractivity contribution in [3.05, 3.63) is 11.5 Å². The maximum Gasteiger partial charge on any atom is 0.378 e. The zero-order chi connectivity index (χ0) is 13.7. The molecule has 0 aromatic heterocycles. The number of hydrogen-bond donors (Lipinski definition) is 3. The lowest BCUT2D eigenvalue weighted by atomic mass is 10.1. The molecule has 0 aliphatic carbocycles. The fraction of sp³-hybridized carbons (Fsp3) is 0.750. The lowest BCUT2D eigenvalue weighted by Gasteiger charge is -2.20. The summed E-state index contributed by atoms with van der Waals surface area (Å²) in [6.45, 7) is 3.78. The van der Waals surface area contributed by atoms with Crippen LogP contribution >= 0.6 is 0 Å². The third-order valence-electron chi connectivity index (χ3n) is 3.08. The van der Waals surface area contributed by atoms with E-state index in [2.05, 4.69) is 0 Å². The highest BCUT2D eigenvalue weighted by molar-refractivity contribution is 5.89. The average molecular weight is 260 g/mol. The normalized spacial score (nSPS) is 21.4. The van der Waals surface area contributed by atoms with E-state index in [1.165, 1.54) is 0 Å². The highest BCUT2D eigenvalue weighted by atomic mass is 16.6. The molecule has 0 radical (unpaired) electrons.